The van der Waals surface area contributed by atoms with Crippen LogP contribution in [0.3, 0.4) is 0 Å². The van der Waals surface area contributed by atoms with E-state index in [2.05, 4.69) is 11.0 Å². The normalized spacial score (nSPS) is 15.9. The summed E-state index contributed by atoms with van der Waals surface area (Å²) < 4.78 is 0. The molecule has 0 heterocycles. The van der Waals surface area contributed by atoms with Crippen molar-refractivity contribution in [3.05, 3.63) is 36.0 Å². The van der Waals surface area contributed by atoms with Gasteiger partial charge in [0.2, 0.25) is 0 Å². The van der Waals surface area contributed by atoms with Crippen molar-refractivity contribution >= 4 is 5.78 Å². The largest absolute Gasteiger partial charge is 0.306 e. The van der Waals surface area contributed by atoms with Crippen molar-refractivity contribution in [1.82, 2.24) is 4.90 Å². The lowest BCUT2D eigenvalue weighted by Crippen LogP contribution is -2.11. The molecule has 64 valence electrons. The van der Waals surface area contributed by atoms with Crippen molar-refractivity contribution in [2.24, 2.45) is 0 Å². The van der Waals surface area contributed by atoms with E-state index >= 15 is 0 Å². The van der Waals surface area contributed by atoms with Gasteiger partial charge in [-0.15, -0.1) is 0 Å². The first-order valence-corrected chi connectivity index (χ1v) is 3.93. The van der Waals surface area contributed by atoms with Gasteiger partial charge < -0.3 is 4.90 Å². The number of carbonyl (C=O) groups is 1. The molecule has 0 radical (unpaired) electrons. The van der Waals surface area contributed by atoms with Crippen LogP contribution in [0, 0.1) is 0 Å². The van der Waals surface area contributed by atoms with E-state index in [1.807, 2.05) is 26.2 Å². The Morgan fingerprint density at radius 3 is 2.33 bits per heavy atom. The molecule has 0 unspecified atom stereocenters. The van der Waals surface area contributed by atoms with Crippen LogP contribution < -0.4 is 0 Å². The average molecular weight is 163 g/mol. The highest BCUT2D eigenvalue weighted by molar-refractivity contribution is 6.01. The number of rotatable bonds is 2. The fraction of sp³-hybridized carbons (Fsp3) is 0.300. The highest BCUT2D eigenvalue weighted by Crippen LogP contribution is 2.05. The van der Waals surface area contributed by atoms with E-state index in [-0.39, 0.29) is 5.78 Å². The minimum Gasteiger partial charge on any atom is -0.306 e. The summed E-state index contributed by atoms with van der Waals surface area (Å²) in [4.78, 5) is 12.8. The number of carbonyl (C=O) groups excluding carboxylic acids is 1. The molecule has 2 heteroatoms. The standard InChI is InChI=1S/C10H13NO/c1-11(2)8-7-9-3-5-10(12)6-4-9/h3-7H,8H2,1-2H3. The quantitative estimate of drug-likeness (QED) is 0.609. The molecule has 0 aromatic carbocycles. The SMILES string of the molecule is CN(C)CC=C1C=CC(=O)C=C1. The second-order valence-corrected chi connectivity index (χ2v) is 3.04. The lowest BCUT2D eigenvalue weighted by molar-refractivity contribution is -0.110. The van der Waals surface area contributed by atoms with Crippen LogP contribution in [0.5, 0.6) is 0 Å². The Hall–Kier alpha value is -1.15. The lowest BCUT2D eigenvalue weighted by Gasteiger charge is -2.06. The molecule has 0 aliphatic heterocycles. The van der Waals surface area contributed by atoms with Crippen molar-refractivity contribution in [1.29, 1.82) is 0 Å². The summed E-state index contributed by atoms with van der Waals surface area (Å²) in [6.45, 7) is 0.901. The number of ketones is 1. The van der Waals surface area contributed by atoms with Gasteiger partial charge in [0.1, 0.15) is 0 Å². The van der Waals surface area contributed by atoms with E-state index in [4.69, 9.17) is 0 Å². The number of hydrogen-bond donors (Lipinski definition) is 0. The van der Waals surface area contributed by atoms with Gasteiger partial charge in [-0.2, -0.15) is 0 Å². The summed E-state index contributed by atoms with van der Waals surface area (Å²) in [5.41, 5.74) is 1.10. The Balaban J connectivity index is 2.55. The molecular weight excluding hydrogens is 150 g/mol. The van der Waals surface area contributed by atoms with Crippen LogP contribution in [-0.4, -0.2) is 31.3 Å². The number of likely N-dealkylation sites (N-methyl/N-ethyl adjacent to an activating group) is 1. The summed E-state index contributed by atoms with van der Waals surface area (Å²) in [7, 11) is 4.02. The van der Waals surface area contributed by atoms with E-state index in [0.29, 0.717) is 0 Å². The number of hydrogen-bond acceptors (Lipinski definition) is 2. The minimum atomic E-state index is 0.0667. The van der Waals surface area contributed by atoms with E-state index in [1.165, 1.54) is 0 Å². The second-order valence-electron chi connectivity index (χ2n) is 3.04. The second kappa shape index (κ2) is 4.02. The molecule has 0 fully saturated rings. The highest BCUT2D eigenvalue weighted by Gasteiger charge is 1.97. The molecule has 0 N–H and O–H groups in total. The van der Waals surface area contributed by atoms with Gasteiger partial charge in [-0.05, 0) is 31.8 Å². The predicted octanol–water partition coefficient (Wildman–Crippen LogP) is 1.17. The van der Waals surface area contributed by atoms with Crippen molar-refractivity contribution < 1.29 is 4.79 Å². The van der Waals surface area contributed by atoms with Crippen LogP contribution in [0.1, 0.15) is 0 Å². The summed E-state index contributed by atoms with van der Waals surface area (Å²) in [6.07, 6.45) is 8.93. The van der Waals surface area contributed by atoms with E-state index < -0.39 is 0 Å². The van der Waals surface area contributed by atoms with Crippen LogP contribution in [0.2, 0.25) is 0 Å². The molecular formula is C10H13NO. The first-order chi connectivity index (χ1) is 5.68. The molecule has 12 heavy (non-hydrogen) atoms. The Kier molecular flexibility index (Phi) is 3.00. The molecule has 1 rings (SSSR count). The Labute approximate surface area is 72.9 Å². The molecule has 1 aliphatic rings. The zero-order chi connectivity index (χ0) is 8.97. The van der Waals surface area contributed by atoms with Gasteiger partial charge in [0.05, 0.1) is 0 Å². The molecule has 0 saturated heterocycles. The van der Waals surface area contributed by atoms with Crippen LogP contribution in [0.15, 0.2) is 36.0 Å². The molecule has 0 spiro atoms. The zero-order valence-electron chi connectivity index (χ0n) is 7.45. The van der Waals surface area contributed by atoms with E-state index in [0.717, 1.165) is 12.1 Å². The maximum absolute atomic E-state index is 10.7. The van der Waals surface area contributed by atoms with Crippen molar-refractivity contribution in [3.63, 3.8) is 0 Å². The maximum Gasteiger partial charge on any atom is 0.178 e. The van der Waals surface area contributed by atoms with Gasteiger partial charge in [0.15, 0.2) is 5.78 Å². The van der Waals surface area contributed by atoms with Crippen LogP contribution in [0.4, 0.5) is 0 Å². The van der Waals surface area contributed by atoms with E-state index in [1.54, 1.807) is 12.2 Å². The van der Waals surface area contributed by atoms with Crippen LogP contribution >= 0.6 is 0 Å². The molecule has 0 bridgehead atoms. The molecule has 0 atom stereocenters. The summed E-state index contributed by atoms with van der Waals surface area (Å²) in [5, 5.41) is 0. The van der Waals surface area contributed by atoms with Crippen molar-refractivity contribution in [2.75, 3.05) is 20.6 Å². The smallest absolute Gasteiger partial charge is 0.178 e. The molecule has 0 saturated carbocycles. The molecule has 0 amide bonds. The van der Waals surface area contributed by atoms with Crippen molar-refractivity contribution in [2.45, 2.75) is 0 Å². The Morgan fingerprint density at radius 1 is 1.25 bits per heavy atom. The third-order valence-electron chi connectivity index (χ3n) is 1.57. The molecule has 0 aromatic heterocycles. The van der Waals surface area contributed by atoms with Gasteiger partial charge in [-0.1, -0.05) is 18.2 Å². The molecule has 1 aliphatic carbocycles. The lowest BCUT2D eigenvalue weighted by atomic mass is 10.1. The Bertz CT molecular complexity index is 241. The van der Waals surface area contributed by atoms with Gasteiger partial charge in [0, 0.05) is 6.54 Å². The Morgan fingerprint density at radius 2 is 1.83 bits per heavy atom. The van der Waals surface area contributed by atoms with Crippen LogP contribution in [0.25, 0.3) is 0 Å². The van der Waals surface area contributed by atoms with Crippen molar-refractivity contribution in [3.8, 4) is 0 Å². The first kappa shape index (κ1) is 8.94. The maximum atomic E-state index is 10.7. The van der Waals surface area contributed by atoms with E-state index in [9.17, 15) is 4.79 Å². The average Bonchev–Trinajstić information content (AvgIpc) is 2.03. The first-order valence-electron chi connectivity index (χ1n) is 3.93. The summed E-state index contributed by atoms with van der Waals surface area (Å²) >= 11 is 0. The third-order valence-corrected chi connectivity index (χ3v) is 1.57. The number of allylic oxidation sites excluding steroid dienone is 5. The zero-order valence-corrected chi connectivity index (χ0v) is 7.45. The fourth-order valence-electron chi connectivity index (χ4n) is 0.892. The summed E-state index contributed by atoms with van der Waals surface area (Å²) in [5.74, 6) is 0.0667. The van der Waals surface area contributed by atoms with Gasteiger partial charge >= 0.3 is 0 Å². The van der Waals surface area contributed by atoms with Crippen LogP contribution in [-0.2, 0) is 4.79 Å². The fourth-order valence-corrected chi connectivity index (χ4v) is 0.892. The predicted molar refractivity (Wildman–Crippen MR) is 49.9 cm³/mol. The molecule has 2 nitrogen and oxygen atoms in total. The number of nitrogens with zero attached hydrogens (tertiary/aromatic N) is 1. The minimum absolute atomic E-state index is 0.0667. The molecule has 0 aromatic rings. The third kappa shape index (κ3) is 2.84. The summed E-state index contributed by atoms with van der Waals surface area (Å²) in [6, 6.07) is 0. The van der Waals surface area contributed by atoms with Gasteiger partial charge in [0.25, 0.3) is 0 Å². The topological polar surface area (TPSA) is 20.3 Å². The monoisotopic (exact) mass is 163 g/mol. The highest BCUT2D eigenvalue weighted by atomic mass is 16.1. The van der Waals surface area contributed by atoms with Gasteiger partial charge in [-0.3, -0.25) is 4.79 Å². The van der Waals surface area contributed by atoms with Gasteiger partial charge in [-0.25, -0.2) is 0 Å².